The van der Waals surface area contributed by atoms with Crippen LogP contribution in [0.5, 0.6) is 0 Å². The van der Waals surface area contributed by atoms with Gasteiger partial charge in [0.25, 0.3) is 0 Å². The number of hydrogen-bond donors (Lipinski definition) is 1. The number of benzene rings is 1. The SMILES string of the molecule is CC1CN(S(=O)(=O)c2c(Cl)cccc2C(F)(F)F)CCN1.Cl. The number of halogens is 5. The predicted molar refractivity (Wildman–Crippen MR) is 79.9 cm³/mol. The lowest BCUT2D eigenvalue weighted by Crippen LogP contribution is -2.51. The van der Waals surface area contributed by atoms with Crippen LogP contribution in [0.25, 0.3) is 0 Å². The molecule has 1 heterocycles. The van der Waals surface area contributed by atoms with Gasteiger partial charge in [0, 0.05) is 25.7 Å². The maximum absolute atomic E-state index is 13.0. The molecule has 1 aromatic carbocycles. The molecule has 1 unspecified atom stereocenters. The Morgan fingerprint density at radius 1 is 1.36 bits per heavy atom. The van der Waals surface area contributed by atoms with Gasteiger partial charge in [0.1, 0.15) is 4.90 Å². The Bertz CT molecular complexity index is 638. The molecule has 0 aliphatic carbocycles. The smallest absolute Gasteiger partial charge is 0.312 e. The quantitative estimate of drug-likeness (QED) is 0.860. The minimum atomic E-state index is -4.78. The highest BCUT2D eigenvalue weighted by Crippen LogP contribution is 2.38. The highest BCUT2D eigenvalue weighted by atomic mass is 35.5. The van der Waals surface area contributed by atoms with Crippen molar-refractivity contribution in [2.75, 3.05) is 19.6 Å². The number of nitrogens with one attached hydrogen (secondary N) is 1. The van der Waals surface area contributed by atoms with E-state index in [-0.39, 0.29) is 31.5 Å². The third kappa shape index (κ3) is 3.86. The van der Waals surface area contributed by atoms with Crippen LogP contribution in [-0.4, -0.2) is 38.4 Å². The fourth-order valence-corrected chi connectivity index (χ4v) is 4.49. The normalized spacial score (nSPS) is 20.5. The zero-order valence-electron chi connectivity index (χ0n) is 11.5. The van der Waals surface area contributed by atoms with E-state index in [2.05, 4.69) is 5.32 Å². The van der Waals surface area contributed by atoms with Crippen molar-refractivity contribution in [3.8, 4) is 0 Å². The van der Waals surface area contributed by atoms with E-state index in [1.165, 1.54) is 0 Å². The van der Waals surface area contributed by atoms with Crippen LogP contribution in [0.2, 0.25) is 5.02 Å². The van der Waals surface area contributed by atoms with Crippen molar-refractivity contribution in [1.82, 2.24) is 9.62 Å². The van der Waals surface area contributed by atoms with Crippen LogP contribution in [0.4, 0.5) is 13.2 Å². The second-order valence-corrected chi connectivity index (χ2v) is 7.11. The molecule has 22 heavy (non-hydrogen) atoms. The average Bonchev–Trinajstić information content (AvgIpc) is 2.37. The van der Waals surface area contributed by atoms with Gasteiger partial charge < -0.3 is 5.32 Å². The Labute approximate surface area is 138 Å². The summed E-state index contributed by atoms with van der Waals surface area (Å²) in [5.41, 5.74) is -1.24. The van der Waals surface area contributed by atoms with Crippen molar-refractivity contribution in [3.05, 3.63) is 28.8 Å². The molecular formula is C12H15Cl2F3N2O2S. The molecule has 0 radical (unpaired) electrons. The molecule has 0 spiro atoms. The van der Waals surface area contributed by atoms with Crippen molar-refractivity contribution >= 4 is 34.0 Å². The first-order valence-corrected chi connectivity index (χ1v) is 8.05. The van der Waals surface area contributed by atoms with Crippen LogP contribution in [0.1, 0.15) is 12.5 Å². The van der Waals surface area contributed by atoms with Crippen molar-refractivity contribution in [2.45, 2.75) is 24.0 Å². The van der Waals surface area contributed by atoms with Crippen molar-refractivity contribution in [3.63, 3.8) is 0 Å². The van der Waals surface area contributed by atoms with Crippen LogP contribution in [0.3, 0.4) is 0 Å². The number of nitrogens with zero attached hydrogens (tertiary/aromatic N) is 1. The van der Waals surface area contributed by atoms with E-state index in [0.717, 1.165) is 22.5 Å². The van der Waals surface area contributed by atoms with Gasteiger partial charge in [-0.05, 0) is 19.1 Å². The first-order chi connectivity index (χ1) is 9.64. The van der Waals surface area contributed by atoms with E-state index in [1.54, 1.807) is 6.92 Å². The second kappa shape index (κ2) is 6.92. The number of sulfonamides is 1. The van der Waals surface area contributed by atoms with Gasteiger partial charge in [-0.2, -0.15) is 17.5 Å². The van der Waals surface area contributed by atoms with Crippen LogP contribution >= 0.6 is 24.0 Å². The fraction of sp³-hybridized carbons (Fsp3) is 0.500. The summed E-state index contributed by atoms with van der Waals surface area (Å²) in [5.74, 6) is 0. The Morgan fingerprint density at radius 2 is 2.00 bits per heavy atom. The summed E-state index contributed by atoms with van der Waals surface area (Å²) in [6.07, 6.45) is -4.78. The summed E-state index contributed by atoms with van der Waals surface area (Å²) in [6.45, 7) is 2.35. The molecule has 0 amide bonds. The van der Waals surface area contributed by atoms with Gasteiger partial charge in [0.15, 0.2) is 0 Å². The lowest BCUT2D eigenvalue weighted by Gasteiger charge is -2.31. The van der Waals surface area contributed by atoms with E-state index < -0.39 is 31.7 Å². The standard InChI is InChI=1S/C12H14ClF3N2O2S.ClH/c1-8-7-18(6-5-17-8)21(19,20)11-9(12(14,15)16)3-2-4-10(11)13;/h2-4,8,17H,5-7H2,1H3;1H. The molecule has 4 nitrogen and oxygen atoms in total. The van der Waals surface area contributed by atoms with Crippen LogP contribution in [-0.2, 0) is 16.2 Å². The summed E-state index contributed by atoms with van der Waals surface area (Å²) in [4.78, 5) is -0.867. The molecule has 1 aliphatic rings. The topological polar surface area (TPSA) is 49.4 Å². The molecule has 1 atom stereocenters. The number of rotatable bonds is 2. The minimum Gasteiger partial charge on any atom is -0.312 e. The van der Waals surface area contributed by atoms with Gasteiger partial charge >= 0.3 is 6.18 Å². The van der Waals surface area contributed by atoms with Crippen molar-refractivity contribution in [2.24, 2.45) is 0 Å². The third-order valence-corrected chi connectivity index (χ3v) is 5.60. The van der Waals surface area contributed by atoms with Gasteiger partial charge in [-0.15, -0.1) is 12.4 Å². The summed E-state index contributed by atoms with van der Waals surface area (Å²) in [7, 11) is -4.30. The molecule has 126 valence electrons. The molecule has 0 aromatic heterocycles. The number of piperazine rings is 1. The van der Waals surface area contributed by atoms with Gasteiger partial charge in [-0.1, -0.05) is 17.7 Å². The Hall–Kier alpha value is -0.540. The van der Waals surface area contributed by atoms with Gasteiger partial charge in [-0.25, -0.2) is 8.42 Å². The number of alkyl halides is 3. The summed E-state index contributed by atoms with van der Waals surface area (Å²) in [5, 5.41) is 2.61. The van der Waals surface area contributed by atoms with E-state index >= 15 is 0 Å². The molecule has 0 bridgehead atoms. The van der Waals surface area contributed by atoms with Crippen molar-refractivity contribution < 1.29 is 21.6 Å². The van der Waals surface area contributed by atoms with Gasteiger partial charge in [-0.3, -0.25) is 0 Å². The predicted octanol–water partition coefficient (Wildman–Crippen LogP) is 2.76. The fourth-order valence-electron chi connectivity index (χ4n) is 2.24. The highest BCUT2D eigenvalue weighted by Gasteiger charge is 2.41. The van der Waals surface area contributed by atoms with Crippen molar-refractivity contribution in [1.29, 1.82) is 0 Å². The molecule has 1 N–H and O–H groups in total. The van der Waals surface area contributed by atoms with Gasteiger partial charge in [0.2, 0.25) is 10.0 Å². The molecule has 1 saturated heterocycles. The molecular weight excluding hydrogens is 364 g/mol. The summed E-state index contributed by atoms with van der Waals surface area (Å²) in [6, 6.07) is 2.83. The minimum absolute atomic E-state index is 0. The highest BCUT2D eigenvalue weighted by molar-refractivity contribution is 7.89. The monoisotopic (exact) mass is 378 g/mol. The Morgan fingerprint density at radius 3 is 2.55 bits per heavy atom. The largest absolute Gasteiger partial charge is 0.417 e. The average molecular weight is 379 g/mol. The number of hydrogen-bond acceptors (Lipinski definition) is 3. The zero-order chi connectivity index (χ0) is 15.8. The van der Waals surface area contributed by atoms with E-state index in [1.807, 2.05) is 0 Å². The second-order valence-electron chi connectivity index (χ2n) is 4.83. The molecule has 10 heteroatoms. The van der Waals surface area contributed by atoms with Gasteiger partial charge in [0.05, 0.1) is 10.6 Å². The summed E-state index contributed by atoms with van der Waals surface area (Å²) < 4.78 is 65.2. The Kier molecular flexibility index (Phi) is 6.14. The molecule has 1 fully saturated rings. The maximum atomic E-state index is 13.0. The maximum Gasteiger partial charge on any atom is 0.417 e. The zero-order valence-corrected chi connectivity index (χ0v) is 13.9. The first-order valence-electron chi connectivity index (χ1n) is 6.23. The molecule has 1 aromatic rings. The lowest BCUT2D eigenvalue weighted by molar-refractivity contribution is -0.139. The summed E-state index contributed by atoms with van der Waals surface area (Å²) >= 11 is 5.75. The van der Waals surface area contributed by atoms with E-state index in [9.17, 15) is 21.6 Å². The Balaban J connectivity index is 0.00000242. The van der Waals surface area contributed by atoms with Crippen LogP contribution in [0.15, 0.2) is 23.1 Å². The molecule has 1 aliphatic heterocycles. The van der Waals surface area contributed by atoms with E-state index in [4.69, 9.17) is 11.6 Å². The van der Waals surface area contributed by atoms with Crippen LogP contribution in [0, 0.1) is 0 Å². The lowest BCUT2D eigenvalue weighted by atomic mass is 10.2. The molecule has 0 saturated carbocycles. The first kappa shape index (κ1) is 19.5. The third-order valence-electron chi connectivity index (χ3n) is 3.20. The van der Waals surface area contributed by atoms with Crippen LogP contribution < -0.4 is 5.32 Å². The van der Waals surface area contributed by atoms with E-state index in [0.29, 0.717) is 6.54 Å². The molecule has 2 rings (SSSR count).